The van der Waals surface area contributed by atoms with Gasteiger partial charge in [-0.2, -0.15) is 5.10 Å². The molecular weight excluding hydrogens is 320 g/mol. The van der Waals surface area contributed by atoms with Crippen LogP contribution in [0.4, 0.5) is 10.5 Å². The van der Waals surface area contributed by atoms with E-state index in [1.807, 2.05) is 42.1 Å². The van der Waals surface area contributed by atoms with Crippen LogP contribution in [0.2, 0.25) is 0 Å². The third kappa shape index (κ3) is 3.36. The Kier molecular flexibility index (Phi) is 4.15. The highest BCUT2D eigenvalue weighted by molar-refractivity contribution is 5.92. The number of ether oxygens (including phenoxy) is 1. The molecule has 4 rings (SSSR count). The van der Waals surface area contributed by atoms with E-state index in [0.717, 1.165) is 29.5 Å². The number of carbonyl (C=O) groups excluding carboxylic acids is 1. The van der Waals surface area contributed by atoms with Gasteiger partial charge >= 0.3 is 6.03 Å². The molecule has 3 aromatic rings. The summed E-state index contributed by atoms with van der Waals surface area (Å²) in [6, 6.07) is 9.27. The van der Waals surface area contributed by atoms with E-state index in [1.165, 1.54) is 0 Å². The predicted molar refractivity (Wildman–Crippen MR) is 93.3 cm³/mol. The molecule has 0 unspecified atom stereocenters. The van der Waals surface area contributed by atoms with E-state index < -0.39 is 0 Å². The molecule has 7 heteroatoms. The molecule has 3 heterocycles. The number of hydrogen-bond acceptors (Lipinski definition) is 4. The highest BCUT2D eigenvalue weighted by atomic mass is 16.5. The molecule has 0 aliphatic carbocycles. The molecule has 1 fully saturated rings. The average Bonchev–Trinajstić information content (AvgIpc) is 3.23. The van der Waals surface area contributed by atoms with Gasteiger partial charge in [-0.25, -0.2) is 4.79 Å². The van der Waals surface area contributed by atoms with E-state index >= 15 is 0 Å². The van der Waals surface area contributed by atoms with Crippen LogP contribution in [-0.2, 0) is 11.8 Å². The molecule has 1 saturated heterocycles. The smallest absolute Gasteiger partial charge is 0.319 e. The molecule has 1 aromatic carbocycles. The van der Waals surface area contributed by atoms with Gasteiger partial charge in [-0.15, -0.1) is 0 Å². The standard InChI is InChI=1S/C18H20N4O3/c1-22-15(4-7-19-22)17-11-14(6-9-25-17)21-18(23)20-13-3-2-12-5-8-24-16(12)10-13/h2-5,7-8,10,14,17H,6,9,11H2,1H3,(H2,20,21,23)/t14-,17+/m0/s1. The van der Waals surface area contributed by atoms with Crippen molar-refractivity contribution < 1.29 is 13.9 Å². The van der Waals surface area contributed by atoms with Crippen LogP contribution in [0, 0.1) is 0 Å². The van der Waals surface area contributed by atoms with Crippen molar-refractivity contribution in [2.24, 2.45) is 7.05 Å². The third-order valence-electron chi connectivity index (χ3n) is 4.52. The molecule has 0 radical (unpaired) electrons. The lowest BCUT2D eigenvalue weighted by Crippen LogP contribution is -2.42. The Morgan fingerprint density at radius 2 is 2.24 bits per heavy atom. The summed E-state index contributed by atoms with van der Waals surface area (Å²) in [6.45, 7) is 0.610. The van der Waals surface area contributed by atoms with E-state index in [4.69, 9.17) is 9.15 Å². The number of furan rings is 1. The summed E-state index contributed by atoms with van der Waals surface area (Å²) in [4.78, 5) is 12.3. The number of nitrogens with one attached hydrogen (secondary N) is 2. The number of benzene rings is 1. The molecule has 2 N–H and O–H groups in total. The second-order valence-electron chi connectivity index (χ2n) is 6.23. The number of urea groups is 1. The molecule has 1 aliphatic heterocycles. The zero-order valence-electron chi connectivity index (χ0n) is 13.9. The fourth-order valence-electron chi connectivity index (χ4n) is 3.22. The number of amides is 2. The Labute approximate surface area is 144 Å². The molecular formula is C18H20N4O3. The van der Waals surface area contributed by atoms with Gasteiger partial charge < -0.3 is 19.8 Å². The zero-order valence-corrected chi connectivity index (χ0v) is 13.9. The molecule has 130 valence electrons. The van der Waals surface area contributed by atoms with Crippen LogP contribution in [0.1, 0.15) is 24.6 Å². The quantitative estimate of drug-likeness (QED) is 0.767. The summed E-state index contributed by atoms with van der Waals surface area (Å²) < 4.78 is 13.0. The fourth-order valence-corrected chi connectivity index (χ4v) is 3.22. The minimum absolute atomic E-state index is 0.0500. The number of fused-ring (bicyclic) bond motifs is 1. The molecule has 25 heavy (non-hydrogen) atoms. The first-order valence-corrected chi connectivity index (χ1v) is 8.33. The molecule has 7 nitrogen and oxygen atoms in total. The highest BCUT2D eigenvalue weighted by Crippen LogP contribution is 2.27. The van der Waals surface area contributed by atoms with Crippen molar-refractivity contribution >= 4 is 22.7 Å². The largest absolute Gasteiger partial charge is 0.464 e. The maximum absolute atomic E-state index is 12.3. The van der Waals surface area contributed by atoms with Crippen molar-refractivity contribution in [3.05, 3.63) is 48.5 Å². The van der Waals surface area contributed by atoms with Gasteiger partial charge in [0, 0.05) is 43.0 Å². The Hall–Kier alpha value is -2.80. The summed E-state index contributed by atoms with van der Waals surface area (Å²) in [5.74, 6) is 0. The van der Waals surface area contributed by atoms with Gasteiger partial charge in [0.1, 0.15) is 11.7 Å². The lowest BCUT2D eigenvalue weighted by atomic mass is 10.0. The number of aromatic nitrogens is 2. The van der Waals surface area contributed by atoms with E-state index in [2.05, 4.69) is 15.7 Å². The Morgan fingerprint density at radius 1 is 1.32 bits per heavy atom. The summed E-state index contributed by atoms with van der Waals surface area (Å²) in [5.41, 5.74) is 2.48. The molecule has 2 aromatic heterocycles. The second-order valence-corrected chi connectivity index (χ2v) is 6.23. The van der Waals surface area contributed by atoms with E-state index in [-0.39, 0.29) is 18.2 Å². The first-order valence-electron chi connectivity index (χ1n) is 8.33. The first kappa shape index (κ1) is 15.7. The first-order chi connectivity index (χ1) is 12.2. The molecule has 1 aliphatic rings. The summed E-state index contributed by atoms with van der Waals surface area (Å²) >= 11 is 0. The average molecular weight is 340 g/mol. The fraction of sp³-hybridized carbons (Fsp3) is 0.333. The van der Waals surface area contributed by atoms with Gasteiger partial charge in [-0.1, -0.05) is 0 Å². The van der Waals surface area contributed by atoms with Crippen molar-refractivity contribution in [3.63, 3.8) is 0 Å². The summed E-state index contributed by atoms with van der Waals surface area (Å²) in [7, 11) is 1.90. The number of hydrogen-bond donors (Lipinski definition) is 2. The highest BCUT2D eigenvalue weighted by Gasteiger charge is 2.26. The van der Waals surface area contributed by atoms with Crippen molar-refractivity contribution in [2.45, 2.75) is 25.0 Å². The maximum atomic E-state index is 12.3. The molecule has 0 saturated carbocycles. The zero-order chi connectivity index (χ0) is 17.2. The van der Waals surface area contributed by atoms with Crippen molar-refractivity contribution in [1.82, 2.24) is 15.1 Å². The van der Waals surface area contributed by atoms with Crippen LogP contribution in [0.5, 0.6) is 0 Å². The minimum Gasteiger partial charge on any atom is -0.464 e. The van der Waals surface area contributed by atoms with E-state index in [0.29, 0.717) is 12.3 Å². The molecule has 0 bridgehead atoms. The number of nitrogens with zero attached hydrogens (tertiary/aromatic N) is 2. The second kappa shape index (κ2) is 6.60. The summed E-state index contributed by atoms with van der Waals surface area (Å²) in [5, 5.41) is 11.1. The molecule has 2 atom stereocenters. The monoisotopic (exact) mass is 340 g/mol. The van der Waals surface area contributed by atoms with Crippen LogP contribution in [0.3, 0.4) is 0 Å². The number of carbonyl (C=O) groups is 1. The van der Waals surface area contributed by atoms with E-state index in [9.17, 15) is 4.79 Å². The van der Waals surface area contributed by atoms with Gasteiger partial charge in [0.05, 0.1) is 12.0 Å². The maximum Gasteiger partial charge on any atom is 0.319 e. The van der Waals surface area contributed by atoms with Crippen molar-refractivity contribution in [3.8, 4) is 0 Å². The van der Waals surface area contributed by atoms with Crippen LogP contribution in [-0.4, -0.2) is 28.5 Å². The van der Waals surface area contributed by atoms with Gasteiger partial charge in [-0.3, -0.25) is 4.68 Å². The normalized spacial score (nSPS) is 20.5. The van der Waals surface area contributed by atoms with Crippen LogP contribution < -0.4 is 10.6 Å². The van der Waals surface area contributed by atoms with Gasteiger partial charge in [-0.05, 0) is 37.1 Å². The molecule has 0 spiro atoms. The topological polar surface area (TPSA) is 81.3 Å². The van der Waals surface area contributed by atoms with Crippen LogP contribution in [0.15, 0.2) is 47.2 Å². The Balaban J connectivity index is 1.37. The van der Waals surface area contributed by atoms with Crippen molar-refractivity contribution in [2.75, 3.05) is 11.9 Å². The molecule has 2 amide bonds. The Bertz CT molecular complexity index is 885. The lowest BCUT2D eigenvalue weighted by molar-refractivity contribution is -0.00204. The lowest BCUT2D eigenvalue weighted by Gasteiger charge is -2.30. The van der Waals surface area contributed by atoms with Crippen LogP contribution >= 0.6 is 0 Å². The van der Waals surface area contributed by atoms with Crippen LogP contribution in [0.25, 0.3) is 11.0 Å². The predicted octanol–water partition coefficient (Wildman–Crippen LogP) is 3.21. The number of anilines is 1. The van der Waals surface area contributed by atoms with Gasteiger partial charge in [0.15, 0.2) is 0 Å². The number of aryl methyl sites for hydroxylation is 1. The Morgan fingerprint density at radius 3 is 3.08 bits per heavy atom. The van der Waals surface area contributed by atoms with Gasteiger partial charge in [0.25, 0.3) is 0 Å². The van der Waals surface area contributed by atoms with Gasteiger partial charge in [0.2, 0.25) is 0 Å². The summed E-state index contributed by atoms with van der Waals surface area (Å²) in [6.07, 6.45) is 4.86. The SMILES string of the molecule is Cn1nccc1[C@H]1C[C@@H](NC(=O)Nc2ccc3ccoc3c2)CCO1. The van der Waals surface area contributed by atoms with Crippen molar-refractivity contribution in [1.29, 1.82) is 0 Å². The third-order valence-corrected chi connectivity index (χ3v) is 4.52. The minimum atomic E-state index is -0.221. The van der Waals surface area contributed by atoms with E-state index in [1.54, 1.807) is 12.5 Å². The number of rotatable bonds is 3.